The van der Waals surface area contributed by atoms with Crippen LogP contribution in [0.15, 0.2) is 11.8 Å². The fourth-order valence-electron chi connectivity index (χ4n) is 4.01. The lowest BCUT2D eigenvalue weighted by Gasteiger charge is -2.43. The highest BCUT2D eigenvalue weighted by atomic mass is 16.8. The van der Waals surface area contributed by atoms with Gasteiger partial charge in [-0.25, -0.2) is 4.79 Å². The molecule has 1 saturated heterocycles. The molecule has 142 valence electrons. The predicted molar refractivity (Wildman–Crippen MR) is 80.8 cm³/mol. The maximum atomic E-state index is 11.4. The molecule has 3 aliphatic rings. The Morgan fingerprint density at radius 2 is 1.92 bits per heavy atom. The van der Waals surface area contributed by atoms with Crippen molar-refractivity contribution in [2.24, 2.45) is 17.8 Å². The van der Waals surface area contributed by atoms with Gasteiger partial charge in [0.05, 0.1) is 18.4 Å². The Bertz CT molecular complexity index is 534. The molecule has 5 N–H and O–H groups in total. The second kappa shape index (κ2) is 7.18. The second-order valence-electron chi connectivity index (χ2n) is 6.95. The fraction of sp³-hybridized carbons (Fsp3) is 0.812. The Kier molecular flexibility index (Phi) is 5.33. The lowest BCUT2D eigenvalue weighted by atomic mass is 9.83. The molecule has 0 bridgehead atoms. The van der Waals surface area contributed by atoms with E-state index >= 15 is 0 Å². The Morgan fingerprint density at radius 1 is 1.20 bits per heavy atom. The summed E-state index contributed by atoms with van der Waals surface area (Å²) in [7, 11) is 0. The average molecular weight is 360 g/mol. The zero-order chi connectivity index (χ0) is 18.3. The van der Waals surface area contributed by atoms with Crippen molar-refractivity contribution in [1.29, 1.82) is 0 Å². The molecule has 25 heavy (non-hydrogen) atoms. The van der Waals surface area contributed by atoms with Crippen LogP contribution >= 0.6 is 0 Å². The Morgan fingerprint density at radius 3 is 2.56 bits per heavy atom. The molecule has 2 heterocycles. The number of rotatable bonds is 4. The van der Waals surface area contributed by atoms with Gasteiger partial charge in [0.2, 0.25) is 6.29 Å². The third-order valence-electron chi connectivity index (χ3n) is 5.46. The maximum absolute atomic E-state index is 11.4. The molecule has 0 unspecified atom stereocenters. The minimum atomic E-state index is -1.54. The van der Waals surface area contributed by atoms with Gasteiger partial charge in [0.15, 0.2) is 6.29 Å². The predicted octanol–water partition coefficient (Wildman–Crippen LogP) is -1.21. The van der Waals surface area contributed by atoms with Crippen molar-refractivity contribution in [3.05, 3.63) is 11.8 Å². The van der Waals surface area contributed by atoms with E-state index in [-0.39, 0.29) is 23.3 Å². The summed E-state index contributed by atoms with van der Waals surface area (Å²) in [4.78, 5) is 11.4. The van der Waals surface area contributed by atoms with E-state index in [0.29, 0.717) is 6.42 Å². The molecule has 1 saturated carbocycles. The molecule has 9 heteroatoms. The van der Waals surface area contributed by atoms with Gasteiger partial charge < -0.3 is 39.7 Å². The number of aliphatic hydroxyl groups is 4. The first-order valence-electron chi connectivity index (χ1n) is 8.40. The number of aliphatic hydroxyl groups excluding tert-OH is 4. The minimum Gasteiger partial charge on any atom is -0.478 e. The monoisotopic (exact) mass is 360 g/mol. The quantitative estimate of drug-likeness (QED) is 0.417. The second-order valence-corrected chi connectivity index (χ2v) is 6.95. The lowest BCUT2D eigenvalue weighted by Crippen LogP contribution is -2.60. The molecule has 1 aliphatic carbocycles. The molecular weight excluding hydrogens is 336 g/mol. The normalized spacial score (nSPS) is 46.9. The number of carboxylic acids is 1. The first kappa shape index (κ1) is 18.6. The number of ether oxygens (including phenoxy) is 3. The van der Waals surface area contributed by atoms with Crippen LogP contribution in [0.5, 0.6) is 0 Å². The average Bonchev–Trinajstić information content (AvgIpc) is 2.97. The molecule has 9 nitrogen and oxygen atoms in total. The van der Waals surface area contributed by atoms with Crippen molar-refractivity contribution < 1.29 is 44.5 Å². The van der Waals surface area contributed by atoms with Gasteiger partial charge in [-0.15, -0.1) is 0 Å². The first-order valence-corrected chi connectivity index (χ1v) is 8.40. The maximum Gasteiger partial charge on any atom is 0.334 e. The van der Waals surface area contributed by atoms with Crippen LogP contribution < -0.4 is 0 Å². The summed E-state index contributed by atoms with van der Waals surface area (Å²) in [5, 5.41) is 48.3. The number of aliphatic carboxylic acids is 1. The van der Waals surface area contributed by atoms with Crippen molar-refractivity contribution >= 4 is 5.97 Å². The highest BCUT2D eigenvalue weighted by Crippen LogP contribution is 2.47. The van der Waals surface area contributed by atoms with E-state index in [1.54, 1.807) is 0 Å². The molecule has 0 amide bonds. The molecule has 0 spiro atoms. The summed E-state index contributed by atoms with van der Waals surface area (Å²) in [5.74, 6) is -1.35. The van der Waals surface area contributed by atoms with Gasteiger partial charge in [0, 0.05) is 11.8 Å². The topological polar surface area (TPSA) is 146 Å². The summed E-state index contributed by atoms with van der Waals surface area (Å²) in [6.07, 6.45) is -5.10. The van der Waals surface area contributed by atoms with Crippen molar-refractivity contribution in [3.8, 4) is 0 Å². The smallest absolute Gasteiger partial charge is 0.334 e. The molecule has 0 aromatic carbocycles. The van der Waals surface area contributed by atoms with E-state index in [2.05, 4.69) is 0 Å². The molecule has 2 aliphatic heterocycles. The summed E-state index contributed by atoms with van der Waals surface area (Å²) in [5.41, 5.74) is 0.197. The van der Waals surface area contributed by atoms with Gasteiger partial charge in [-0.1, -0.05) is 6.92 Å². The van der Waals surface area contributed by atoms with Crippen molar-refractivity contribution in [2.75, 3.05) is 6.61 Å². The van der Waals surface area contributed by atoms with Crippen LogP contribution in [0.3, 0.4) is 0 Å². The van der Waals surface area contributed by atoms with Gasteiger partial charge in [0.25, 0.3) is 0 Å². The van der Waals surface area contributed by atoms with E-state index in [1.165, 1.54) is 0 Å². The highest BCUT2D eigenvalue weighted by Gasteiger charge is 2.50. The Balaban J connectivity index is 1.77. The fourth-order valence-corrected chi connectivity index (χ4v) is 4.01. The van der Waals surface area contributed by atoms with E-state index < -0.39 is 49.6 Å². The molecule has 3 rings (SSSR count). The van der Waals surface area contributed by atoms with Gasteiger partial charge in [0.1, 0.15) is 24.4 Å². The standard InChI is InChI=1S/C16H24O9/c1-6-2-3-7-8(14(21)22)5-23-15(10(6)7)25-16-13(20)12(19)11(18)9(4-17)24-16/h5-7,9-13,15-20H,2-4H2,1H3,(H,21,22)/t6-,7+,9+,10+,11-,12-,13+,15-,16-/m0/s1. The van der Waals surface area contributed by atoms with Crippen molar-refractivity contribution in [1.82, 2.24) is 0 Å². The van der Waals surface area contributed by atoms with Crippen LogP contribution in [0, 0.1) is 17.8 Å². The SMILES string of the molecule is C[C@H]1CC[C@@H]2C(C(=O)O)=CO[C@@H](O[C@@H]3O[C@H](CO)[C@H](O)[C@H](O)[C@H]3O)[C@@H]21. The largest absolute Gasteiger partial charge is 0.478 e. The van der Waals surface area contributed by atoms with Gasteiger partial charge in [-0.3, -0.25) is 0 Å². The summed E-state index contributed by atoms with van der Waals surface area (Å²) in [6, 6.07) is 0. The number of hydrogen-bond donors (Lipinski definition) is 5. The molecule has 9 atom stereocenters. The number of carboxylic acid groups (broad SMARTS) is 1. The van der Waals surface area contributed by atoms with Crippen molar-refractivity contribution in [2.45, 2.75) is 56.8 Å². The van der Waals surface area contributed by atoms with Crippen LogP contribution in [-0.4, -0.2) is 75.1 Å². The van der Waals surface area contributed by atoms with Crippen molar-refractivity contribution in [3.63, 3.8) is 0 Å². The molecule has 0 radical (unpaired) electrons. The number of fused-ring (bicyclic) bond motifs is 1. The van der Waals surface area contributed by atoms with Crippen LogP contribution in [0.4, 0.5) is 0 Å². The number of carbonyl (C=O) groups is 1. The number of hydrogen-bond acceptors (Lipinski definition) is 8. The summed E-state index contributed by atoms with van der Waals surface area (Å²) in [6.45, 7) is 1.42. The Hall–Kier alpha value is -1.23. The molecule has 0 aromatic heterocycles. The van der Waals surface area contributed by atoms with E-state index in [1.807, 2.05) is 6.92 Å². The minimum absolute atomic E-state index is 0.142. The third kappa shape index (κ3) is 3.27. The zero-order valence-corrected chi connectivity index (χ0v) is 13.8. The Labute approximate surface area is 144 Å². The van der Waals surface area contributed by atoms with E-state index in [0.717, 1.165) is 12.7 Å². The molecular formula is C16H24O9. The molecule has 0 aromatic rings. The van der Waals surface area contributed by atoms with Crippen LogP contribution in [0.2, 0.25) is 0 Å². The summed E-state index contributed by atoms with van der Waals surface area (Å²) >= 11 is 0. The van der Waals surface area contributed by atoms with Crippen LogP contribution in [0.25, 0.3) is 0 Å². The summed E-state index contributed by atoms with van der Waals surface area (Å²) < 4.78 is 16.5. The van der Waals surface area contributed by atoms with E-state index in [9.17, 15) is 30.3 Å². The van der Waals surface area contributed by atoms with Crippen LogP contribution in [0.1, 0.15) is 19.8 Å². The lowest BCUT2D eigenvalue weighted by molar-refractivity contribution is -0.342. The molecule has 2 fully saturated rings. The van der Waals surface area contributed by atoms with Gasteiger partial charge in [-0.2, -0.15) is 0 Å². The van der Waals surface area contributed by atoms with Crippen LogP contribution in [-0.2, 0) is 19.0 Å². The zero-order valence-electron chi connectivity index (χ0n) is 13.8. The van der Waals surface area contributed by atoms with Gasteiger partial charge in [-0.05, 0) is 18.8 Å². The first-order chi connectivity index (χ1) is 11.8. The van der Waals surface area contributed by atoms with Gasteiger partial charge >= 0.3 is 5.97 Å². The highest BCUT2D eigenvalue weighted by molar-refractivity contribution is 5.87. The van der Waals surface area contributed by atoms with E-state index in [4.69, 9.17) is 14.2 Å². The third-order valence-corrected chi connectivity index (χ3v) is 5.46.